The minimum absolute atomic E-state index is 0.0597. The number of amides is 1. The van der Waals surface area contributed by atoms with Crippen LogP contribution >= 0.6 is 22.9 Å². The van der Waals surface area contributed by atoms with Crippen LogP contribution in [0.2, 0.25) is 5.02 Å². The number of hydrogen-bond acceptors (Lipinski definition) is 5. The lowest BCUT2D eigenvalue weighted by Gasteiger charge is -2.19. The third-order valence-electron chi connectivity index (χ3n) is 4.44. The fourth-order valence-corrected chi connectivity index (χ4v) is 3.96. The molecule has 0 bridgehead atoms. The second-order valence-corrected chi connectivity index (χ2v) is 7.89. The van der Waals surface area contributed by atoms with Gasteiger partial charge in [0.25, 0.3) is 0 Å². The zero-order valence-corrected chi connectivity index (χ0v) is 16.0. The summed E-state index contributed by atoms with van der Waals surface area (Å²) in [5, 5.41) is 13.1. The molecule has 0 aliphatic heterocycles. The van der Waals surface area contributed by atoms with Gasteiger partial charge in [0.2, 0.25) is 11.0 Å². The highest BCUT2D eigenvalue weighted by Crippen LogP contribution is 2.30. The summed E-state index contributed by atoms with van der Waals surface area (Å²) in [6, 6.07) is 5.51. The van der Waals surface area contributed by atoms with E-state index in [0.29, 0.717) is 10.2 Å². The minimum Gasteiger partial charge on any atom is -0.483 e. The summed E-state index contributed by atoms with van der Waals surface area (Å²) in [4.78, 5) is 12.3. The van der Waals surface area contributed by atoms with Gasteiger partial charge in [-0.1, -0.05) is 42.2 Å². The molecule has 3 rings (SSSR count). The number of aromatic nitrogens is 2. The molecule has 2 aromatic rings. The Bertz CT molecular complexity index is 744. The van der Waals surface area contributed by atoms with Gasteiger partial charge in [0.15, 0.2) is 5.01 Å². The van der Waals surface area contributed by atoms with Gasteiger partial charge in [-0.15, -0.1) is 10.2 Å². The van der Waals surface area contributed by atoms with E-state index in [0.717, 1.165) is 42.0 Å². The zero-order valence-electron chi connectivity index (χ0n) is 14.4. The van der Waals surface area contributed by atoms with Crippen LogP contribution < -0.4 is 10.1 Å². The number of halogens is 1. The summed E-state index contributed by atoms with van der Waals surface area (Å²) in [7, 11) is 0. The van der Waals surface area contributed by atoms with E-state index < -0.39 is 0 Å². The van der Waals surface area contributed by atoms with Crippen LogP contribution in [0.25, 0.3) is 0 Å². The zero-order chi connectivity index (χ0) is 17.8. The number of hydrogen-bond donors (Lipinski definition) is 1. The first-order valence-corrected chi connectivity index (χ1v) is 9.79. The monoisotopic (exact) mass is 379 g/mol. The molecule has 5 nitrogen and oxygen atoms in total. The smallest absolute Gasteiger partial charge is 0.229 e. The van der Waals surface area contributed by atoms with E-state index in [9.17, 15) is 4.79 Å². The molecule has 0 unspecified atom stereocenters. The molecule has 1 aliphatic carbocycles. The lowest BCUT2D eigenvalue weighted by Crippen LogP contribution is -2.24. The first kappa shape index (κ1) is 18.1. The van der Waals surface area contributed by atoms with Gasteiger partial charge < -0.3 is 10.1 Å². The lowest BCUT2D eigenvalue weighted by molar-refractivity contribution is -0.120. The Morgan fingerprint density at radius 2 is 2.08 bits per heavy atom. The van der Waals surface area contributed by atoms with Crippen LogP contribution in [0.4, 0.5) is 5.13 Å². The molecule has 1 aliphatic rings. The molecule has 25 heavy (non-hydrogen) atoms. The van der Waals surface area contributed by atoms with Crippen LogP contribution in [0.1, 0.15) is 55.7 Å². The number of carbonyl (C=O) groups is 1. The topological polar surface area (TPSA) is 64.1 Å². The third kappa shape index (κ3) is 4.70. The number of carbonyl (C=O) groups excluding carboxylic acids is 1. The molecule has 7 heteroatoms. The molecule has 1 saturated carbocycles. The van der Waals surface area contributed by atoms with E-state index in [1.165, 1.54) is 17.8 Å². The van der Waals surface area contributed by atoms with E-state index in [1.807, 2.05) is 26.0 Å². The normalized spacial score (nSPS) is 16.4. The van der Waals surface area contributed by atoms with Crippen molar-refractivity contribution in [2.45, 2.75) is 52.1 Å². The molecule has 134 valence electrons. The quantitative estimate of drug-likeness (QED) is 0.779. The summed E-state index contributed by atoms with van der Waals surface area (Å²) in [6.45, 7) is 3.87. The standard InChI is InChI=1S/C18H22ClN3O2S/c1-11-10-14(19)8-9-15(11)24-12(2)17-21-22-18(25-17)20-16(23)13-6-4-3-5-7-13/h8-10,12-13H,3-7H2,1-2H3,(H,20,22,23)/t12-/m1/s1. The maximum atomic E-state index is 12.3. The van der Waals surface area contributed by atoms with Gasteiger partial charge in [-0.05, 0) is 50.5 Å². The maximum absolute atomic E-state index is 12.3. The molecule has 1 fully saturated rings. The molecule has 0 saturated heterocycles. The average molecular weight is 380 g/mol. The van der Waals surface area contributed by atoms with Crippen LogP contribution in [0.15, 0.2) is 18.2 Å². The van der Waals surface area contributed by atoms with Crippen molar-refractivity contribution in [1.29, 1.82) is 0 Å². The van der Waals surface area contributed by atoms with Gasteiger partial charge in [-0.3, -0.25) is 4.79 Å². The Balaban J connectivity index is 1.61. The number of benzene rings is 1. The summed E-state index contributed by atoms with van der Waals surface area (Å²) >= 11 is 7.33. The summed E-state index contributed by atoms with van der Waals surface area (Å²) < 4.78 is 5.96. The molecule has 0 spiro atoms. The van der Waals surface area contributed by atoms with E-state index in [1.54, 1.807) is 6.07 Å². The number of ether oxygens (including phenoxy) is 1. The van der Waals surface area contributed by atoms with Crippen LogP contribution in [-0.4, -0.2) is 16.1 Å². The second-order valence-electron chi connectivity index (χ2n) is 6.44. The molecule has 1 N–H and O–H groups in total. The molecular formula is C18H22ClN3O2S. The van der Waals surface area contributed by atoms with E-state index in [4.69, 9.17) is 16.3 Å². The van der Waals surface area contributed by atoms with Crippen LogP contribution in [0.3, 0.4) is 0 Å². The number of nitrogens with one attached hydrogen (secondary N) is 1. The maximum Gasteiger partial charge on any atom is 0.229 e. The molecule has 0 radical (unpaired) electrons. The fourth-order valence-electron chi connectivity index (χ4n) is 3.01. The Kier molecular flexibility index (Phi) is 5.91. The summed E-state index contributed by atoms with van der Waals surface area (Å²) in [6.07, 6.45) is 5.17. The van der Waals surface area contributed by atoms with Gasteiger partial charge in [0.1, 0.15) is 11.9 Å². The van der Waals surface area contributed by atoms with Crippen molar-refractivity contribution < 1.29 is 9.53 Å². The minimum atomic E-state index is -0.252. The molecule has 1 heterocycles. The highest BCUT2D eigenvalue weighted by Gasteiger charge is 2.23. The molecule has 1 aromatic heterocycles. The first-order valence-electron chi connectivity index (χ1n) is 8.60. The SMILES string of the molecule is Cc1cc(Cl)ccc1O[C@H](C)c1nnc(NC(=O)C2CCCCC2)s1. The van der Waals surface area contributed by atoms with Crippen molar-refractivity contribution in [3.8, 4) is 5.75 Å². The van der Waals surface area contributed by atoms with Gasteiger partial charge in [0.05, 0.1) is 0 Å². The second kappa shape index (κ2) is 8.15. The van der Waals surface area contributed by atoms with Gasteiger partial charge >= 0.3 is 0 Å². The van der Waals surface area contributed by atoms with Crippen LogP contribution in [0.5, 0.6) is 5.75 Å². The highest BCUT2D eigenvalue weighted by molar-refractivity contribution is 7.15. The molecule has 1 atom stereocenters. The Hall–Kier alpha value is -1.66. The summed E-state index contributed by atoms with van der Waals surface area (Å²) in [5.41, 5.74) is 0.967. The Morgan fingerprint density at radius 3 is 2.80 bits per heavy atom. The third-order valence-corrected chi connectivity index (χ3v) is 5.67. The van der Waals surface area contributed by atoms with Crippen molar-refractivity contribution in [1.82, 2.24) is 10.2 Å². The Morgan fingerprint density at radius 1 is 1.32 bits per heavy atom. The fraction of sp³-hybridized carbons (Fsp3) is 0.500. The Labute approximate surface area is 156 Å². The van der Waals surface area contributed by atoms with E-state index >= 15 is 0 Å². The number of nitrogens with zero attached hydrogens (tertiary/aromatic N) is 2. The molecule has 1 amide bonds. The predicted molar refractivity (Wildman–Crippen MR) is 100 cm³/mol. The van der Waals surface area contributed by atoms with Crippen molar-refractivity contribution in [2.24, 2.45) is 5.92 Å². The average Bonchev–Trinajstić information content (AvgIpc) is 3.07. The van der Waals surface area contributed by atoms with E-state index in [2.05, 4.69) is 15.5 Å². The van der Waals surface area contributed by atoms with Crippen molar-refractivity contribution in [3.05, 3.63) is 33.8 Å². The van der Waals surface area contributed by atoms with Gasteiger partial charge in [-0.25, -0.2) is 0 Å². The molecule has 1 aromatic carbocycles. The van der Waals surface area contributed by atoms with Crippen molar-refractivity contribution in [2.75, 3.05) is 5.32 Å². The van der Waals surface area contributed by atoms with Crippen molar-refractivity contribution in [3.63, 3.8) is 0 Å². The first-order chi connectivity index (χ1) is 12.0. The van der Waals surface area contributed by atoms with Crippen LogP contribution in [-0.2, 0) is 4.79 Å². The van der Waals surface area contributed by atoms with Crippen LogP contribution in [0, 0.1) is 12.8 Å². The lowest BCUT2D eigenvalue weighted by atomic mass is 9.89. The van der Waals surface area contributed by atoms with Gasteiger partial charge in [0, 0.05) is 10.9 Å². The molecular weight excluding hydrogens is 358 g/mol. The number of anilines is 1. The van der Waals surface area contributed by atoms with Gasteiger partial charge in [-0.2, -0.15) is 0 Å². The van der Waals surface area contributed by atoms with Crippen molar-refractivity contribution >= 4 is 34.0 Å². The predicted octanol–water partition coefficient (Wildman–Crippen LogP) is 5.16. The number of aryl methyl sites for hydroxylation is 1. The highest BCUT2D eigenvalue weighted by atomic mass is 35.5. The largest absolute Gasteiger partial charge is 0.483 e. The van der Waals surface area contributed by atoms with E-state index in [-0.39, 0.29) is 17.9 Å². The summed E-state index contributed by atoms with van der Waals surface area (Å²) in [5.74, 6) is 0.927. The number of rotatable bonds is 5.